The Morgan fingerprint density at radius 2 is 1.86 bits per heavy atom. The van der Waals surface area contributed by atoms with Crippen molar-refractivity contribution in [3.05, 3.63) is 59.9 Å². The van der Waals surface area contributed by atoms with E-state index in [-0.39, 0.29) is 50.3 Å². The molecule has 2 N–H and O–H groups in total. The Labute approximate surface area is 154 Å². The van der Waals surface area contributed by atoms with Gasteiger partial charge < -0.3 is 35.4 Å². The number of urea groups is 1. The predicted molar refractivity (Wildman–Crippen MR) is 71.3 cm³/mol. The first-order chi connectivity index (χ1) is 9.28. The summed E-state index contributed by atoms with van der Waals surface area (Å²) >= 11 is 0. The van der Waals surface area contributed by atoms with Crippen LogP contribution in [0, 0.1) is 11.3 Å². The number of anilines is 1. The number of carbonyl (C=O) groups is 1. The third-order valence-electron chi connectivity index (χ3n) is 2.45. The van der Waals surface area contributed by atoms with Crippen molar-refractivity contribution >= 4 is 11.7 Å². The maximum Gasteiger partial charge on any atom is 2.00 e. The number of rotatable bonds is 3. The molecule has 0 aliphatic carbocycles. The van der Waals surface area contributed by atoms with Gasteiger partial charge in [-0.2, -0.15) is 5.26 Å². The van der Waals surface area contributed by atoms with E-state index in [4.69, 9.17) is 5.26 Å². The van der Waals surface area contributed by atoms with Crippen LogP contribution in [0.5, 0.6) is 0 Å². The molecule has 0 saturated heterocycles. The average molecular weight is 389 g/mol. The van der Waals surface area contributed by atoms with Crippen LogP contribution < -0.4 is 35.4 Å². The van der Waals surface area contributed by atoms with Crippen molar-refractivity contribution < 1.29 is 49.1 Å². The Kier molecular flexibility index (Phi) is 12.3. The van der Waals surface area contributed by atoms with Gasteiger partial charge in [-0.25, -0.2) is 4.79 Å². The number of carbonyl (C=O) groups excluding carboxylic acids is 1. The van der Waals surface area contributed by atoms with E-state index < -0.39 is 0 Å². The molecule has 0 fully saturated rings. The summed E-state index contributed by atoms with van der Waals surface area (Å²) in [6.45, 7) is 0.413. The van der Waals surface area contributed by atoms with Gasteiger partial charge in [0, 0.05) is 24.6 Å². The van der Waals surface area contributed by atoms with Crippen LogP contribution in [0.1, 0.15) is 11.1 Å². The molecular formula is C14H12Cl2N4OZn. The van der Waals surface area contributed by atoms with Crippen LogP contribution in [0.2, 0.25) is 0 Å². The molecule has 1 heterocycles. The summed E-state index contributed by atoms with van der Waals surface area (Å²) in [5.41, 5.74) is 2.13. The van der Waals surface area contributed by atoms with Gasteiger partial charge in [0.05, 0.1) is 11.6 Å². The Morgan fingerprint density at radius 3 is 2.41 bits per heavy atom. The minimum atomic E-state index is -0.298. The Hall–Kier alpha value is -1.67. The molecule has 1 aromatic carbocycles. The predicted octanol–water partition coefficient (Wildman–Crippen LogP) is -3.72. The molecule has 5 nitrogen and oxygen atoms in total. The third kappa shape index (κ3) is 7.37. The second-order valence-electron chi connectivity index (χ2n) is 3.86. The van der Waals surface area contributed by atoms with Gasteiger partial charge in [-0.1, -0.05) is 6.07 Å². The molecule has 2 aromatic rings. The van der Waals surface area contributed by atoms with Crippen LogP contribution in [-0.2, 0) is 26.0 Å². The molecule has 2 amide bonds. The second kappa shape index (κ2) is 11.9. The zero-order chi connectivity index (χ0) is 13.5. The molecule has 110 valence electrons. The minimum Gasteiger partial charge on any atom is -1.00 e. The van der Waals surface area contributed by atoms with Crippen molar-refractivity contribution in [2.45, 2.75) is 6.54 Å². The molecule has 0 spiro atoms. The monoisotopic (exact) mass is 386 g/mol. The smallest absolute Gasteiger partial charge is 1.00 e. The quantitative estimate of drug-likeness (QED) is 0.531. The van der Waals surface area contributed by atoms with Crippen LogP contribution in [0.3, 0.4) is 0 Å². The summed E-state index contributed by atoms with van der Waals surface area (Å²) in [5, 5.41) is 14.1. The van der Waals surface area contributed by atoms with Crippen molar-refractivity contribution in [3.8, 4) is 6.07 Å². The zero-order valence-corrected chi connectivity index (χ0v) is 16.1. The van der Waals surface area contributed by atoms with Crippen LogP contribution in [0.25, 0.3) is 0 Å². The van der Waals surface area contributed by atoms with Gasteiger partial charge >= 0.3 is 25.5 Å². The minimum absolute atomic E-state index is 0. The molecule has 0 unspecified atom stereocenters. The average Bonchev–Trinajstić information content (AvgIpc) is 2.47. The molecule has 22 heavy (non-hydrogen) atoms. The van der Waals surface area contributed by atoms with E-state index in [0.717, 1.165) is 5.56 Å². The van der Waals surface area contributed by atoms with Gasteiger partial charge in [0.25, 0.3) is 0 Å². The van der Waals surface area contributed by atoms with E-state index in [2.05, 4.69) is 15.6 Å². The van der Waals surface area contributed by atoms with Crippen LogP contribution in [0.4, 0.5) is 10.5 Å². The first-order valence-corrected chi connectivity index (χ1v) is 5.72. The van der Waals surface area contributed by atoms with E-state index in [0.29, 0.717) is 17.8 Å². The maximum atomic E-state index is 11.6. The number of hydrogen-bond acceptors (Lipinski definition) is 3. The molecule has 1 aromatic heterocycles. The van der Waals surface area contributed by atoms with E-state index in [1.807, 2.05) is 18.2 Å². The summed E-state index contributed by atoms with van der Waals surface area (Å²) in [7, 11) is 0. The molecule has 0 bridgehead atoms. The van der Waals surface area contributed by atoms with E-state index in [1.54, 1.807) is 36.7 Å². The van der Waals surface area contributed by atoms with Gasteiger partial charge in [-0.05, 0) is 35.9 Å². The maximum absolute atomic E-state index is 11.6. The molecule has 0 atom stereocenters. The fourth-order valence-corrected chi connectivity index (χ4v) is 1.49. The first-order valence-electron chi connectivity index (χ1n) is 5.72. The van der Waals surface area contributed by atoms with E-state index in [1.165, 1.54) is 0 Å². The van der Waals surface area contributed by atoms with Crippen molar-refractivity contribution in [2.75, 3.05) is 5.32 Å². The standard InChI is InChI=1S/C14H12N4O.2ClH.Zn/c15-8-11-3-5-13(6-4-11)18-14(19)17-10-12-2-1-7-16-9-12;;;/h1-7,9H,10H2,(H2,17,18,19);2*1H;/q;;;+2/p-2. The summed E-state index contributed by atoms with van der Waals surface area (Å²) in [6, 6.07) is 12.1. The second-order valence-corrected chi connectivity index (χ2v) is 3.86. The van der Waals surface area contributed by atoms with Crippen molar-refractivity contribution in [1.82, 2.24) is 10.3 Å². The van der Waals surface area contributed by atoms with Crippen molar-refractivity contribution in [3.63, 3.8) is 0 Å². The van der Waals surface area contributed by atoms with Crippen molar-refractivity contribution in [2.24, 2.45) is 0 Å². The van der Waals surface area contributed by atoms with Gasteiger partial charge in [0.2, 0.25) is 0 Å². The van der Waals surface area contributed by atoms with Crippen LogP contribution in [-0.4, -0.2) is 11.0 Å². The summed E-state index contributed by atoms with van der Waals surface area (Å²) in [4.78, 5) is 15.6. The van der Waals surface area contributed by atoms with Crippen LogP contribution >= 0.6 is 0 Å². The molecule has 0 saturated carbocycles. The van der Waals surface area contributed by atoms with E-state index >= 15 is 0 Å². The van der Waals surface area contributed by atoms with Gasteiger partial charge in [0.1, 0.15) is 0 Å². The topological polar surface area (TPSA) is 77.8 Å². The number of aromatic nitrogens is 1. The fourth-order valence-electron chi connectivity index (χ4n) is 1.49. The van der Waals surface area contributed by atoms with Gasteiger partial charge in [0.15, 0.2) is 0 Å². The molecule has 0 aliphatic heterocycles. The normalized spacial score (nSPS) is 8.14. The number of hydrogen-bond donors (Lipinski definition) is 2. The third-order valence-corrected chi connectivity index (χ3v) is 2.45. The zero-order valence-electron chi connectivity index (χ0n) is 11.6. The Balaban J connectivity index is 0. The molecular weight excluding hydrogens is 376 g/mol. The number of nitriles is 1. The fraction of sp³-hybridized carbons (Fsp3) is 0.0714. The first kappa shape index (κ1) is 22.6. The Bertz CT molecular complexity index is 602. The van der Waals surface area contributed by atoms with Crippen molar-refractivity contribution in [1.29, 1.82) is 5.26 Å². The number of pyridine rings is 1. The summed E-state index contributed by atoms with van der Waals surface area (Å²) < 4.78 is 0. The molecule has 2 rings (SSSR count). The molecule has 8 heteroatoms. The van der Waals surface area contributed by atoms with E-state index in [9.17, 15) is 4.79 Å². The number of halogens is 2. The number of nitrogens with one attached hydrogen (secondary N) is 2. The molecule has 0 aliphatic rings. The Morgan fingerprint density at radius 1 is 1.18 bits per heavy atom. The number of nitrogens with zero attached hydrogens (tertiary/aromatic N) is 2. The van der Waals surface area contributed by atoms with Gasteiger partial charge in [-0.3, -0.25) is 4.98 Å². The van der Waals surface area contributed by atoms with Crippen LogP contribution in [0.15, 0.2) is 48.8 Å². The SMILES string of the molecule is N#Cc1ccc(NC(=O)NCc2cccnc2)cc1.[Cl-].[Cl-].[Zn+2]. The number of benzene rings is 1. The summed E-state index contributed by atoms with van der Waals surface area (Å²) in [5.74, 6) is 0. The summed E-state index contributed by atoms with van der Waals surface area (Å²) in [6.07, 6.45) is 3.38. The number of amides is 2. The molecule has 0 radical (unpaired) electrons. The largest absolute Gasteiger partial charge is 2.00 e. The van der Waals surface area contributed by atoms with Gasteiger partial charge in [-0.15, -0.1) is 0 Å².